The fraction of sp³-hybridized carbons (Fsp3) is 0.450. The summed E-state index contributed by atoms with van der Waals surface area (Å²) in [7, 11) is 1.59. The van der Waals surface area contributed by atoms with E-state index in [2.05, 4.69) is 4.98 Å². The molecule has 1 aliphatic carbocycles. The van der Waals surface area contributed by atoms with Crippen LogP contribution in [0.2, 0.25) is 5.02 Å². The van der Waals surface area contributed by atoms with Gasteiger partial charge in [0.25, 0.3) is 0 Å². The van der Waals surface area contributed by atoms with Crippen molar-refractivity contribution < 1.29 is 19.1 Å². The van der Waals surface area contributed by atoms with E-state index < -0.39 is 16.5 Å². The van der Waals surface area contributed by atoms with Crippen molar-refractivity contribution >= 4 is 57.5 Å². The van der Waals surface area contributed by atoms with Crippen molar-refractivity contribution in [2.75, 3.05) is 16.8 Å². The van der Waals surface area contributed by atoms with Crippen molar-refractivity contribution in [3.63, 3.8) is 0 Å². The number of thiazole rings is 1. The van der Waals surface area contributed by atoms with Gasteiger partial charge < -0.3 is 5.11 Å². The standard InChI is InChI=1S/C20H23ClFN3O3S2/c1-20(2,17(26)27)30-16-11-23-18(29-16)24(3)19(28)25(13-6-4-5-7-13)15-9-8-12(21)10-14(15)22/h8-11,13H,4-7H2,1-3H3,(H,26,27). The van der Waals surface area contributed by atoms with Crippen LogP contribution >= 0.6 is 34.7 Å². The highest BCUT2D eigenvalue weighted by Crippen LogP contribution is 2.39. The lowest BCUT2D eigenvalue weighted by molar-refractivity contribution is -0.138. The number of anilines is 2. The maximum atomic E-state index is 14.7. The Bertz CT molecular complexity index is 947. The number of carboxylic acid groups (broad SMARTS) is 1. The van der Waals surface area contributed by atoms with Crippen LogP contribution in [0.4, 0.5) is 20.0 Å². The van der Waals surface area contributed by atoms with Gasteiger partial charge in [0, 0.05) is 18.1 Å². The first-order valence-electron chi connectivity index (χ1n) is 9.50. The molecule has 0 spiro atoms. The van der Waals surface area contributed by atoms with Crippen LogP contribution in [0.3, 0.4) is 0 Å². The number of carboxylic acids is 1. The van der Waals surface area contributed by atoms with Crippen molar-refractivity contribution in [2.24, 2.45) is 0 Å². The first kappa shape index (κ1) is 22.8. The SMILES string of the molecule is CN(C(=O)N(c1ccc(Cl)cc1F)C1CCCC1)c1ncc(SC(C)(C)C(=O)O)s1. The van der Waals surface area contributed by atoms with Gasteiger partial charge in [0.15, 0.2) is 5.13 Å². The van der Waals surface area contributed by atoms with E-state index in [4.69, 9.17) is 11.6 Å². The summed E-state index contributed by atoms with van der Waals surface area (Å²) in [6, 6.07) is 3.82. The second kappa shape index (κ2) is 9.11. The number of hydrogen-bond donors (Lipinski definition) is 1. The zero-order valence-corrected chi connectivity index (χ0v) is 19.3. The number of thioether (sulfide) groups is 1. The van der Waals surface area contributed by atoms with Crippen molar-refractivity contribution in [3.8, 4) is 0 Å². The van der Waals surface area contributed by atoms with Gasteiger partial charge in [0.2, 0.25) is 0 Å². The Hall–Kier alpha value is -1.84. The zero-order valence-electron chi connectivity index (χ0n) is 16.9. The van der Waals surface area contributed by atoms with Gasteiger partial charge in [-0.3, -0.25) is 14.6 Å². The molecule has 0 saturated heterocycles. The maximum Gasteiger partial charge on any atom is 0.330 e. The number of halogens is 2. The largest absolute Gasteiger partial charge is 0.480 e. The van der Waals surface area contributed by atoms with E-state index in [0.29, 0.717) is 9.34 Å². The maximum absolute atomic E-state index is 14.7. The van der Waals surface area contributed by atoms with Crippen LogP contribution in [0.25, 0.3) is 0 Å². The van der Waals surface area contributed by atoms with E-state index in [1.807, 2.05) is 0 Å². The number of aliphatic carboxylic acids is 1. The molecule has 0 atom stereocenters. The number of carbonyl (C=O) groups is 2. The summed E-state index contributed by atoms with van der Waals surface area (Å²) in [4.78, 5) is 31.9. The van der Waals surface area contributed by atoms with Gasteiger partial charge in [-0.15, -0.1) is 0 Å². The van der Waals surface area contributed by atoms with Crippen LogP contribution in [0.5, 0.6) is 0 Å². The molecule has 0 radical (unpaired) electrons. The van der Waals surface area contributed by atoms with Crippen molar-refractivity contribution in [1.29, 1.82) is 0 Å². The molecule has 162 valence electrons. The minimum Gasteiger partial charge on any atom is -0.480 e. The molecular formula is C20H23ClFN3O3S2. The lowest BCUT2D eigenvalue weighted by Crippen LogP contribution is -2.47. The van der Waals surface area contributed by atoms with Crippen LogP contribution in [-0.2, 0) is 4.79 Å². The minimum atomic E-state index is -1.02. The summed E-state index contributed by atoms with van der Waals surface area (Å²) in [6.07, 6.45) is 5.12. The average Bonchev–Trinajstić information content (AvgIpc) is 3.35. The molecule has 1 N–H and O–H groups in total. The number of carbonyl (C=O) groups excluding carboxylic acids is 1. The summed E-state index contributed by atoms with van der Waals surface area (Å²) < 4.78 is 14.3. The Morgan fingerprint density at radius 2 is 2.00 bits per heavy atom. The molecule has 6 nitrogen and oxygen atoms in total. The first-order chi connectivity index (χ1) is 14.1. The normalized spacial score (nSPS) is 14.7. The predicted octanol–water partition coefficient (Wildman–Crippen LogP) is 5.90. The number of amides is 2. The van der Waals surface area contributed by atoms with Crippen molar-refractivity contribution in [3.05, 3.63) is 35.2 Å². The Kier molecular flexibility index (Phi) is 6.94. The number of benzene rings is 1. The van der Waals surface area contributed by atoms with Crippen LogP contribution in [0.1, 0.15) is 39.5 Å². The van der Waals surface area contributed by atoms with Crippen LogP contribution in [0, 0.1) is 5.82 Å². The Morgan fingerprint density at radius 3 is 2.60 bits per heavy atom. The van der Waals surface area contributed by atoms with E-state index in [0.717, 1.165) is 25.7 Å². The van der Waals surface area contributed by atoms with E-state index in [1.165, 1.54) is 45.0 Å². The number of urea groups is 1. The third-order valence-corrected chi connectivity index (χ3v) is 7.58. The fourth-order valence-corrected chi connectivity index (χ4v) is 5.76. The topological polar surface area (TPSA) is 73.7 Å². The third-order valence-electron chi connectivity index (χ3n) is 4.98. The highest BCUT2D eigenvalue weighted by atomic mass is 35.5. The lowest BCUT2D eigenvalue weighted by Gasteiger charge is -2.32. The van der Waals surface area contributed by atoms with Gasteiger partial charge in [-0.25, -0.2) is 14.2 Å². The Morgan fingerprint density at radius 1 is 1.33 bits per heavy atom. The molecule has 10 heteroatoms. The van der Waals surface area contributed by atoms with E-state index in [1.54, 1.807) is 33.2 Å². The second-order valence-corrected chi connectivity index (χ2v) is 11.0. The summed E-state index contributed by atoms with van der Waals surface area (Å²) in [5.74, 6) is -1.48. The van der Waals surface area contributed by atoms with Gasteiger partial charge >= 0.3 is 12.0 Å². The van der Waals surface area contributed by atoms with Crippen LogP contribution in [0.15, 0.2) is 28.6 Å². The molecule has 1 aromatic carbocycles. The molecule has 1 heterocycles. The quantitative estimate of drug-likeness (QED) is 0.531. The van der Waals surface area contributed by atoms with Gasteiger partial charge in [-0.05, 0) is 44.9 Å². The molecule has 1 fully saturated rings. The lowest BCUT2D eigenvalue weighted by atomic mass is 10.1. The first-order valence-corrected chi connectivity index (χ1v) is 11.5. The molecule has 3 rings (SSSR count). The third kappa shape index (κ3) is 4.90. The van der Waals surface area contributed by atoms with E-state index in [-0.39, 0.29) is 22.8 Å². The number of nitrogens with zero attached hydrogens (tertiary/aromatic N) is 3. The van der Waals surface area contributed by atoms with Crippen molar-refractivity contribution in [2.45, 2.75) is 54.5 Å². The molecule has 0 bridgehead atoms. The molecule has 1 saturated carbocycles. The fourth-order valence-electron chi connectivity index (χ4n) is 3.29. The second-order valence-electron chi connectivity index (χ2n) is 7.63. The van der Waals surface area contributed by atoms with E-state index in [9.17, 15) is 19.1 Å². The molecule has 1 aliphatic rings. The predicted molar refractivity (Wildman–Crippen MR) is 120 cm³/mol. The molecule has 2 aromatic rings. The molecule has 0 aliphatic heterocycles. The number of hydrogen-bond acceptors (Lipinski definition) is 5. The number of aromatic nitrogens is 1. The highest BCUT2D eigenvalue weighted by Gasteiger charge is 2.34. The van der Waals surface area contributed by atoms with Gasteiger partial charge in [-0.1, -0.05) is 47.5 Å². The summed E-state index contributed by atoms with van der Waals surface area (Å²) in [5, 5.41) is 10.0. The molecule has 30 heavy (non-hydrogen) atoms. The molecule has 2 amide bonds. The summed E-state index contributed by atoms with van der Waals surface area (Å²) >= 11 is 8.29. The minimum absolute atomic E-state index is 0.102. The Balaban J connectivity index is 1.87. The highest BCUT2D eigenvalue weighted by molar-refractivity contribution is 8.03. The molecular weight excluding hydrogens is 449 g/mol. The molecule has 0 unspecified atom stereocenters. The molecule has 1 aromatic heterocycles. The summed E-state index contributed by atoms with van der Waals surface area (Å²) in [5.41, 5.74) is 0.196. The Labute approximate surface area is 188 Å². The van der Waals surface area contributed by atoms with Crippen LogP contribution in [-0.4, -0.2) is 39.9 Å². The number of rotatable bonds is 6. The van der Waals surface area contributed by atoms with Gasteiger partial charge in [0.05, 0.1) is 16.1 Å². The van der Waals surface area contributed by atoms with Crippen molar-refractivity contribution in [1.82, 2.24) is 4.98 Å². The summed E-state index contributed by atoms with van der Waals surface area (Å²) in [6.45, 7) is 3.22. The zero-order chi connectivity index (χ0) is 22.1. The van der Waals surface area contributed by atoms with Crippen LogP contribution < -0.4 is 9.80 Å². The van der Waals surface area contributed by atoms with Gasteiger partial charge in [-0.2, -0.15) is 0 Å². The average molecular weight is 472 g/mol. The monoisotopic (exact) mass is 471 g/mol. The van der Waals surface area contributed by atoms with Gasteiger partial charge in [0.1, 0.15) is 10.6 Å². The van der Waals surface area contributed by atoms with E-state index >= 15 is 0 Å². The smallest absolute Gasteiger partial charge is 0.330 e.